The topological polar surface area (TPSA) is 32.3 Å². The molecule has 1 saturated carbocycles. The molecule has 2 unspecified atom stereocenters. The summed E-state index contributed by atoms with van der Waals surface area (Å²) in [6.07, 6.45) is 0.325. The molecule has 0 radical (unpaired) electrons. The summed E-state index contributed by atoms with van der Waals surface area (Å²) in [4.78, 5) is 0.546. The van der Waals surface area contributed by atoms with Gasteiger partial charge in [-0.15, -0.1) is 0 Å². The van der Waals surface area contributed by atoms with E-state index in [2.05, 4.69) is 5.32 Å². The minimum Gasteiger partial charge on any atom is -0.392 e. The van der Waals surface area contributed by atoms with Gasteiger partial charge >= 0.3 is 0 Å². The molecule has 0 aromatic heterocycles. The number of aliphatic hydroxyl groups excluding tert-OH is 1. The molecule has 2 N–H and O–H groups in total. The fraction of sp³-hybridized carbons (Fsp3) is 0.538. The molecule has 0 saturated heterocycles. The second kappa shape index (κ2) is 5.05. The van der Waals surface area contributed by atoms with Crippen molar-refractivity contribution in [3.63, 3.8) is 0 Å². The summed E-state index contributed by atoms with van der Waals surface area (Å²) in [5, 5.41) is 12.9. The Morgan fingerprint density at radius 3 is 2.61 bits per heavy atom. The highest BCUT2D eigenvalue weighted by molar-refractivity contribution is 7.99. The highest BCUT2D eigenvalue weighted by Crippen LogP contribution is 2.43. The molecule has 0 aliphatic heterocycles. The van der Waals surface area contributed by atoms with E-state index >= 15 is 0 Å². The van der Waals surface area contributed by atoms with E-state index < -0.39 is 5.76 Å². The van der Waals surface area contributed by atoms with Crippen molar-refractivity contribution in [2.24, 2.45) is 5.41 Å². The Morgan fingerprint density at radius 2 is 2.06 bits per heavy atom. The third kappa shape index (κ3) is 2.62. The van der Waals surface area contributed by atoms with Gasteiger partial charge in [0.2, 0.25) is 0 Å². The summed E-state index contributed by atoms with van der Waals surface area (Å²) in [5.74, 6) is -2.42. The Morgan fingerprint density at radius 1 is 1.39 bits per heavy atom. The summed E-state index contributed by atoms with van der Waals surface area (Å²) in [6, 6.07) is 7.16. The van der Waals surface area contributed by atoms with Crippen LogP contribution in [0.25, 0.3) is 0 Å². The molecule has 2 nitrogen and oxygen atoms in total. The molecule has 1 fully saturated rings. The summed E-state index contributed by atoms with van der Waals surface area (Å²) in [5.41, 5.74) is 0.496. The third-order valence-electron chi connectivity index (χ3n) is 3.65. The lowest BCUT2D eigenvalue weighted by Gasteiger charge is -2.50. The Balaban J connectivity index is 2.10. The zero-order chi connectivity index (χ0) is 13.3. The monoisotopic (exact) mass is 273 g/mol. The molecule has 100 valence electrons. The van der Waals surface area contributed by atoms with Crippen molar-refractivity contribution in [1.82, 2.24) is 0 Å². The van der Waals surface area contributed by atoms with Crippen molar-refractivity contribution >= 4 is 17.4 Å². The molecule has 1 aliphatic rings. The number of nitrogens with one attached hydrogen (secondary N) is 1. The zero-order valence-electron chi connectivity index (χ0n) is 10.4. The van der Waals surface area contributed by atoms with E-state index in [-0.39, 0.29) is 17.6 Å². The van der Waals surface area contributed by atoms with Crippen LogP contribution in [0, 0.1) is 5.41 Å². The van der Waals surface area contributed by atoms with Crippen LogP contribution in [-0.4, -0.2) is 23.0 Å². The predicted octanol–water partition coefficient (Wildman–Crippen LogP) is 3.57. The van der Waals surface area contributed by atoms with Gasteiger partial charge < -0.3 is 10.4 Å². The summed E-state index contributed by atoms with van der Waals surface area (Å²) >= 11 is 0.544. The lowest BCUT2D eigenvalue weighted by atomic mass is 9.64. The van der Waals surface area contributed by atoms with Gasteiger partial charge in [0.05, 0.1) is 6.10 Å². The fourth-order valence-electron chi connectivity index (χ4n) is 2.12. The van der Waals surface area contributed by atoms with E-state index in [1.54, 1.807) is 18.2 Å². The number of benzene rings is 1. The first-order valence-electron chi connectivity index (χ1n) is 5.89. The van der Waals surface area contributed by atoms with Gasteiger partial charge in [0.1, 0.15) is 0 Å². The first kappa shape index (κ1) is 13.6. The fourth-order valence-corrected chi connectivity index (χ4v) is 2.72. The zero-order valence-corrected chi connectivity index (χ0v) is 11.2. The summed E-state index contributed by atoms with van der Waals surface area (Å²) in [6.45, 7) is 3.95. The molecule has 0 spiro atoms. The average molecular weight is 273 g/mol. The van der Waals surface area contributed by atoms with Gasteiger partial charge in [-0.1, -0.05) is 37.7 Å². The van der Waals surface area contributed by atoms with Crippen molar-refractivity contribution in [3.8, 4) is 0 Å². The maximum absolute atomic E-state index is 12.4. The molecule has 2 rings (SSSR count). The molecular weight excluding hydrogens is 256 g/mol. The van der Waals surface area contributed by atoms with Crippen molar-refractivity contribution in [3.05, 3.63) is 24.3 Å². The van der Waals surface area contributed by atoms with E-state index in [1.165, 1.54) is 0 Å². The Kier molecular flexibility index (Phi) is 3.82. The maximum atomic E-state index is 12.4. The van der Waals surface area contributed by atoms with Gasteiger partial charge in [-0.2, -0.15) is 8.78 Å². The van der Waals surface area contributed by atoms with E-state index in [4.69, 9.17) is 0 Å². The van der Waals surface area contributed by atoms with Gasteiger partial charge in [-0.3, -0.25) is 0 Å². The van der Waals surface area contributed by atoms with E-state index in [9.17, 15) is 13.9 Å². The first-order valence-corrected chi connectivity index (χ1v) is 6.77. The molecule has 0 bridgehead atoms. The average Bonchev–Trinajstić information content (AvgIpc) is 2.30. The standard InChI is InChI=1S/C13H17F2NOS/c1-13(2)10(7-11(13)17)16-8-5-3-4-6-9(8)18-12(14)15/h3-6,10-12,16-17H,7H2,1-2H3. The lowest BCUT2D eigenvalue weighted by Crippen LogP contribution is -2.56. The number of hydrogen-bond donors (Lipinski definition) is 2. The maximum Gasteiger partial charge on any atom is 0.288 e. The molecule has 1 aliphatic carbocycles. The molecule has 5 heteroatoms. The molecule has 0 amide bonds. The van der Waals surface area contributed by atoms with Crippen molar-refractivity contribution in [2.45, 2.75) is 43.1 Å². The minimum absolute atomic E-state index is 0.118. The van der Waals surface area contributed by atoms with Crippen molar-refractivity contribution in [1.29, 1.82) is 0 Å². The highest BCUT2D eigenvalue weighted by Gasteiger charge is 2.47. The van der Waals surface area contributed by atoms with Crippen molar-refractivity contribution in [2.75, 3.05) is 5.32 Å². The van der Waals surface area contributed by atoms with Crippen LogP contribution in [0.4, 0.5) is 14.5 Å². The van der Waals surface area contributed by atoms with E-state index in [0.29, 0.717) is 28.8 Å². The second-order valence-electron chi connectivity index (χ2n) is 5.14. The number of anilines is 1. The molecule has 2 atom stereocenters. The molecule has 0 heterocycles. The number of hydrogen-bond acceptors (Lipinski definition) is 3. The molecule has 1 aromatic rings. The summed E-state index contributed by atoms with van der Waals surface area (Å²) in [7, 11) is 0. The Bertz CT molecular complexity index is 425. The predicted molar refractivity (Wildman–Crippen MR) is 70.1 cm³/mol. The van der Waals surface area contributed by atoms with Crippen LogP contribution in [0.5, 0.6) is 0 Å². The SMILES string of the molecule is CC1(C)C(O)CC1Nc1ccccc1SC(F)F. The molecule has 18 heavy (non-hydrogen) atoms. The lowest BCUT2D eigenvalue weighted by molar-refractivity contribution is -0.0511. The summed E-state index contributed by atoms with van der Waals surface area (Å²) < 4.78 is 24.9. The Labute approximate surface area is 110 Å². The van der Waals surface area contributed by atoms with Gasteiger partial charge in [0.25, 0.3) is 5.76 Å². The van der Waals surface area contributed by atoms with Crippen LogP contribution in [0.15, 0.2) is 29.2 Å². The van der Waals surface area contributed by atoms with Gasteiger partial charge in [-0.25, -0.2) is 0 Å². The quantitative estimate of drug-likeness (QED) is 0.823. The van der Waals surface area contributed by atoms with Crippen LogP contribution in [-0.2, 0) is 0 Å². The number of para-hydroxylation sites is 1. The van der Waals surface area contributed by atoms with Gasteiger partial charge in [0.15, 0.2) is 0 Å². The van der Waals surface area contributed by atoms with Crippen molar-refractivity contribution < 1.29 is 13.9 Å². The third-order valence-corrected chi connectivity index (χ3v) is 4.44. The van der Waals surface area contributed by atoms with Crippen LogP contribution in [0.2, 0.25) is 0 Å². The van der Waals surface area contributed by atoms with Crippen LogP contribution in [0.3, 0.4) is 0 Å². The van der Waals surface area contributed by atoms with Crippen LogP contribution >= 0.6 is 11.8 Å². The highest BCUT2D eigenvalue weighted by atomic mass is 32.2. The number of rotatable bonds is 4. The normalized spacial score (nSPS) is 25.9. The van der Waals surface area contributed by atoms with E-state index in [1.807, 2.05) is 19.9 Å². The Hall–Kier alpha value is -0.810. The number of aliphatic hydroxyl groups is 1. The minimum atomic E-state index is -2.42. The van der Waals surface area contributed by atoms with Crippen LogP contribution < -0.4 is 5.32 Å². The molecular formula is C13H17F2NOS. The number of thioether (sulfide) groups is 1. The number of alkyl halides is 2. The van der Waals surface area contributed by atoms with Crippen LogP contribution in [0.1, 0.15) is 20.3 Å². The first-order chi connectivity index (χ1) is 8.41. The van der Waals surface area contributed by atoms with Gasteiger partial charge in [0, 0.05) is 22.0 Å². The molecule has 1 aromatic carbocycles. The smallest absolute Gasteiger partial charge is 0.288 e. The largest absolute Gasteiger partial charge is 0.392 e. The van der Waals surface area contributed by atoms with Gasteiger partial charge in [-0.05, 0) is 18.6 Å². The number of halogens is 2. The second-order valence-corrected chi connectivity index (χ2v) is 6.18. The van der Waals surface area contributed by atoms with E-state index in [0.717, 1.165) is 0 Å².